The van der Waals surface area contributed by atoms with Crippen LogP contribution in [0.2, 0.25) is 0 Å². The summed E-state index contributed by atoms with van der Waals surface area (Å²) in [5.41, 5.74) is 1.54. The number of hydrogen-bond acceptors (Lipinski definition) is 7. The molecule has 30 heavy (non-hydrogen) atoms. The van der Waals surface area contributed by atoms with Gasteiger partial charge >= 0.3 is 5.97 Å². The summed E-state index contributed by atoms with van der Waals surface area (Å²) in [5.74, 6) is -1.02. The summed E-state index contributed by atoms with van der Waals surface area (Å²) in [4.78, 5) is 29.3. The number of nitrogens with zero attached hydrogens (tertiary/aromatic N) is 4. The molecule has 0 fully saturated rings. The lowest BCUT2D eigenvalue weighted by atomic mass is 10.3. The molecular formula is C18H21N5O5S2. The van der Waals surface area contributed by atoms with Crippen LogP contribution in [-0.4, -0.2) is 41.2 Å². The Balaban J connectivity index is 2.18. The fraction of sp³-hybridized carbons (Fsp3) is 0.333. The molecule has 2 aromatic heterocycles. The van der Waals surface area contributed by atoms with Crippen LogP contribution in [0.4, 0.5) is 0 Å². The zero-order chi connectivity index (χ0) is 22.1. The molecule has 160 valence electrons. The molecule has 0 aliphatic heterocycles. The lowest BCUT2D eigenvalue weighted by molar-refractivity contribution is -0.143. The van der Waals surface area contributed by atoms with Gasteiger partial charge in [-0.3, -0.25) is 14.3 Å². The van der Waals surface area contributed by atoms with Crippen LogP contribution in [0.3, 0.4) is 0 Å². The summed E-state index contributed by atoms with van der Waals surface area (Å²) in [7, 11) is -3.91. The Bertz CT molecular complexity index is 1300. The number of aryl methyl sites for hydroxylation is 2. The van der Waals surface area contributed by atoms with Crippen LogP contribution in [-0.2, 0) is 32.6 Å². The van der Waals surface area contributed by atoms with Crippen LogP contribution >= 0.6 is 11.3 Å². The molecule has 3 aromatic rings. The number of ether oxygens (including phenoxy) is 1. The number of aromatic nitrogens is 3. The second kappa shape index (κ2) is 8.50. The number of rotatable bonds is 6. The highest BCUT2D eigenvalue weighted by Crippen LogP contribution is 2.21. The third-order valence-corrected chi connectivity index (χ3v) is 6.15. The van der Waals surface area contributed by atoms with E-state index in [2.05, 4.69) is 10.1 Å². The highest BCUT2D eigenvalue weighted by atomic mass is 32.2. The van der Waals surface area contributed by atoms with Gasteiger partial charge in [0.2, 0.25) is 10.0 Å². The van der Waals surface area contributed by atoms with Crippen LogP contribution in [0.15, 0.2) is 34.2 Å². The molecule has 3 rings (SSSR count). The molecule has 0 spiro atoms. The molecule has 0 unspecified atom stereocenters. The van der Waals surface area contributed by atoms with Crippen molar-refractivity contribution in [2.24, 2.45) is 10.1 Å². The van der Waals surface area contributed by atoms with Crippen molar-refractivity contribution in [1.82, 2.24) is 14.3 Å². The van der Waals surface area contributed by atoms with Crippen molar-refractivity contribution in [3.8, 4) is 0 Å². The average molecular weight is 452 g/mol. The highest BCUT2D eigenvalue weighted by Gasteiger charge is 2.17. The molecule has 0 radical (unpaired) electrons. The topological polar surface area (TPSA) is 139 Å². The minimum absolute atomic E-state index is 0.0721. The van der Waals surface area contributed by atoms with Crippen LogP contribution < -0.4 is 9.94 Å². The van der Waals surface area contributed by atoms with Crippen molar-refractivity contribution in [1.29, 1.82) is 0 Å². The number of carbonyl (C=O) groups is 2. The third kappa shape index (κ3) is 4.50. The summed E-state index contributed by atoms with van der Waals surface area (Å²) in [6, 6.07) is 5.89. The van der Waals surface area contributed by atoms with Crippen molar-refractivity contribution in [3.63, 3.8) is 0 Å². The van der Waals surface area contributed by atoms with Crippen molar-refractivity contribution in [3.05, 3.63) is 40.5 Å². The van der Waals surface area contributed by atoms with Crippen LogP contribution in [0.5, 0.6) is 0 Å². The van der Waals surface area contributed by atoms with Crippen LogP contribution in [0, 0.1) is 6.92 Å². The average Bonchev–Trinajstić information content (AvgIpc) is 3.21. The molecule has 10 nitrogen and oxygen atoms in total. The predicted octanol–water partition coefficient (Wildman–Crippen LogP) is 1.18. The van der Waals surface area contributed by atoms with E-state index in [1.54, 1.807) is 24.6 Å². The summed E-state index contributed by atoms with van der Waals surface area (Å²) < 4.78 is 31.9. The second-order valence-corrected chi connectivity index (χ2v) is 8.92. The molecule has 0 aliphatic rings. The highest BCUT2D eigenvalue weighted by molar-refractivity contribution is 7.89. The second-order valence-electron chi connectivity index (χ2n) is 6.35. The number of sulfonamides is 1. The molecule has 12 heteroatoms. The van der Waals surface area contributed by atoms with Crippen molar-refractivity contribution in [2.45, 2.75) is 38.8 Å². The van der Waals surface area contributed by atoms with Gasteiger partial charge in [-0.15, -0.1) is 0 Å². The van der Waals surface area contributed by atoms with E-state index in [1.165, 1.54) is 22.8 Å². The van der Waals surface area contributed by atoms with E-state index in [9.17, 15) is 18.0 Å². The summed E-state index contributed by atoms with van der Waals surface area (Å²) in [6.07, 6.45) is 0. The largest absolute Gasteiger partial charge is 0.465 e. The van der Waals surface area contributed by atoms with E-state index in [-0.39, 0.29) is 22.8 Å². The van der Waals surface area contributed by atoms with E-state index in [4.69, 9.17) is 9.88 Å². The van der Waals surface area contributed by atoms with Crippen molar-refractivity contribution in [2.75, 3.05) is 6.61 Å². The maximum Gasteiger partial charge on any atom is 0.326 e. The number of carbonyl (C=O) groups excluding carboxylic acids is 2. The predicted molar refractivity (Wildman–Crippen MR) is 110 cm³/mol. The zero-order valence-corrected chi connectivity index (χ0v) is 18.3. The number of primary sulfonamides is 1. The number of benzene rings is 1. The number of amides is 1. The Morgan fingerprint density at radius 2 is 2.00 bits per heavy atom. The standard InChI is InChI=1S/C18H21N5O5S2/c1-4-23-14(8-11(3)21-23)17(25)20-18-22(10-16(24)28-5-2)13-7-6-12(30(19,26)27)9-15(13)29-18/h6-9H,4-5,10H2,1-3H3,(H2,19,26,27). The smallest absolute Gasteiger partial charge is 0.326 e. The first kappa shape index (κ1) is 21.9. The van der Waals surface area contributed by atoms with Crippen LogP contribution in [0.25, 0.3) is 10.2 Å². The van der Waals surface area contributed by atoms with E-state index < -0.39 is 21.9 Å². The van der Waals surface area contributed by atoms with Gasteiger partial charge in [0.15, 0.2) is 4.80 Å². The first-order valence-electron chi connectivity index (χ1n) is 9.09. The number of nitrogens with two attached hydrogens (primary N) is 1. The summed E-state index contributed by atoms with van der Waals surface area (Å²) in [6.45, 7) is 5.85. The fourth-order valence-corrected chi connectivity index (χ4v) is 4.59. The van der Waals surface area contributed by atoms with Gasteiger partial charge in [0.05, 0.1) is 27.4 Å². The Morgan fingerprint density at radius 3 is 2.63 bits per heavy atom. The Kier molecular flexibility index (Phi) is 6.19. The first-order chi connectivity index (χ1) is 14.1. The molecule has 2 heterocycles. The number of esters is 1. The number of hydrogen-bond donors (Lipinski definition) is 1. The summed E-state index contributed by atoms with van der Waals surface area (Å²) >= 11 is 1.08. The van der Waals surface area contributed by atoms with Gasteiger partial charge in [-0.1, -0.05) is 11.3 Å². The van der Waals surface area contributed by atoms with Gasteiger partial charge in [0.25, 0.3) is 5.91 Å². The molecular weight excluding hydrogens is 430 g/mol. The van der Waals surface area contributed by atoms with Gasteiger partial charge in [0.1, 0.15) is 12.2 Å². The molecule has 1 aromatic carbocycles. The van der Waals surface area contributed by atoms with Crippen molar-refractivity contribution >= 4 is 43.5 Å². The fourth-order valence-electron chi connectivity index (χ4n) is 2.91. The monoisotopic (exact) mass is 451 g/mol. The Hall–Kier alpha value is -2.83. The first-order valence-corrected chi connectivity index (χ1v) is 11.5. The lowest BCUT2D eigenvalue weighted by Gasteiger charge is -2.05. The maximum absolute atomic E-state index is 12.8. The van der Waals surface area contributed by atoms with Gasteiger partial charge in [-0.05, 0) is 45.0 Å². The van der Waals surface area contributed by atoms with E-state index >= 15 is 0 Å². The Labute approximate surface area is 176 Å². The number of thiazole rings is 1. The van der Waals surface area contributed by atoms with E-state index in [0.29, 0.717) is 28.1 Å². The molecule has 0 atom stereocenters. The van der Waals surface area contributed by atoms with Crippen LogP contribution in [0.1, 0.15) is 30.0 Å². The molecule has 1 amide bonds. The van der Waals surface area contributed by atoms with Gasteiger partial charge < -0.3 is 9.30 Å². The quantitative estimate of drug-likeness (QED) is 0.558. The zero-order valence-electron chi connectivity index (χ0n) is 16.7. The molecule has 0 saturated heterocycles. The van der Waals surface area contributed by atoms with Gasteiger partial charge in [0, 0.05) is 6.54 Å². The maximum atomic E-state index is 12.8. The molecule has 0 saturated carbocycles. The molecule has 0 bridgehead atoms. The SMILES string of the molecule is CCOC(=O)Cn1c(=NC(=O)c2cc(C)nn2CC)sc2cc(S(N)(=O)=O)ccc21. The third-order valence-electron chi connectivity index (χ3n) is 4.19. The van der Waals surface area contributed by atoms with Gasteiger partial charge in [-0.25, -0.2) is 13.6 Å². The Morgan fingerprint density at radius 1 is 1.27 bits per heavy atom. The van der Waals surface area contributed by atoms with Gasteiger partial charge in [-0.2, -0.15) is 10.1 Å². The van der Waals surface area contributed by atoms with Crippen molar-refractivity contribution < 1.29 is 22.7 Å². The van der Waals surface area contributed by atoms with E-state index in [1.807, 2.05) is 6.92 Å². The molecule has 2 N–H and O–H groups in total. The van der Waals surface area contributed by atoms with E-state index in [0.717, 1.165) is 11.3 Å². The normalized spacial score (nSPS) is 12.5. The summed E-state index contributed by atoms with van der Waals surface area (Å²) in [5, 5.41) is 9.46. The minimum Gasteiger partial charge on any atom is -0.465 e. The lowest BCUT2D eigenvalue weighted by Crippen LogP contribution is -2.23. The number of fused-ring (bicyclic) bond motifs is 1. The molecule has 0 aliphatic carbocycles. The minimum atomic E-state index is -3.91.